The lowest BCUT2D eigenvalue weighted by atomic mass is 9.94. The van der Waals surface area contributed by atoms with E-state index in [0.29, 0.717) is 37.2 Å². The Labute approximate surface area is 189 Å². The van der Waals surface area contributed by atoms with Crippen LogP contribution in [0.5, 0.6) is 0 Å². The number of anilines is 2. The molecule has 174 valence electrons. The van der Waals surface area contributed by atoms with Gasteiger partial charge in [0.15, 0.2) is 0 Å². The number of carbonyl (C=O) groups is 3. The molecule has 0 unspecified atom stereocenters. The molecule has 8 nitrogen and oxygen atoms in total. The smallest absolute Gasteiger partial charge is 0.313 e. The molecule has 0 aliphatic carbocycles. The number of amides is 3. The number of hydrogen-bond acceptors (Lipinski definition) is 5. The van der Waals surface area contributed by atoms with E-state index < -0.39 is 11.8 Å². The molecule has 1 aromatic carbocycles. The van der Waals surface area contributed by atoms with E-state index in [2.05, 4.69) is 15.5 Å². The van der Waals surface area contributed by atoms with Crippen molar-refractivity contribution in [1.29, 1.82) is 0 Å². The van der Waals surface area contributed by atoms with Crippen molar-refractivity contribution in [1.82, 2.24) is 10.2 Å². The summed E-state index contributed by atoms with van der Waals surface area (Å²) in [5.41, 5.74) is 1.27. The summed E-state index contributed by atoms with van der Waals surface area (Å²) < 4.78 is 5.45. The van der Waals surface area contributed by atoms with Gasteiger partial charge in [0, 0.05) is 50.1 Å². The quantitative estimate of drug-likeness (QED) is 0.682. The molecule has 8 heteroatoms. The summed E-state index contributed by atoms with van der Waals surface area (Å²) in [6, 6.07) is 7.75. The molecule has 0 saturated carbocycles. The first-order valence-corrected chi connectivity index (χ1v) is 11.9. The van der Waals surface area contributed by atoms with Crippen LogP contribution in [0.25, 0.3) is 0 Å². The summed E-state index contributed by atoms with van der Waals surface area (Å²) >= 11 is 0. The lowest BCUT2D eigenvalue weighted by molar-refractivity contribution is -0.136. The van der Waals surface area contributed by atoms with Gasteiger partial charge in [-0.1, -0.05) is 6.07 Å². The molecular weight excluding hydrogens is 408 g/mol. The number of likely N-dealkylation sites (tertiary alicyclic amines) is 1. The van der Waals surface area contributed by atoms with Crippen molar-refractivity contribution >= 4 is 29.1 Å². The summed E-state index contributed by atoms with van der Waals surface area (Å²) in [7, 11) is 0. The van der Waals surface area contributed by atoms with E-state index in [1.807, 2.05) is 6.07 Å². The summed E-state index contributed by atoms with van der Waals surface area (Å²) in [4.78, 5) is 41.1. The van der Waals surface area contributed by atoms with Gasteiger partial charge in [-0.3, -0.25) is 14.4 Å². The van der Waals surface area contributed by atoms with Gasteiger partial charge >= 0.3 is 11.8 Å². The predicted molar refractivity (Wildman–Crippen MR) is 122 cm³/mol. The van der Waals surface area contributed by atoms with E-state index in [1.54, 1.807) is 23.1 Å². The fourth-order valence-corrected chi connectivity index (χ4v) is 4.91. The van der Waals surface area contributed by atoms with Crippen molar-refractivity contribution in [2.75, 3.05) is 49.6 Å². The maximum absolute atomic E-state index is 12.4. The molecule has 4 rings (SSSR count). The van der Waals surface area contributed by atoms with Crippen LogP contribution in [0.2, 0.25) is 0 Å². The Morgan fingerprint density at radius 3 is 2.53 bits per heavy atom. The van der Waals surface area contributed by atoms with E-state index in [9.17, 15) is 14.4 Å². The molecule has 0 atom stereocenters. The number of rotatable bonds is 5. The van der Waals surface area contributed by atoms with Gasteiger partial charge in [0.05, 0.1) is 0 Å². The first-order valence-electron chi connectivity index (χ1n) is 11.9. The summed E-state index contributed by atoms with van der Waals surface area (Å²) in [6.45, 7) is 5.00. The molecule has 0 spiro atoms. The molecule has 0 radical (unpaired) electrons. The van der Waals surface area contributed by atoms with Gasteiger partial charge in [-0.05, 0) is 75.7 Å². The third-order valence-electron chi connectivity index (χ3n) is 6.85. The molecule has 3 fully saturated rings. The standard InChI is InChI=1S/C24H34N4O4/c29-22-6-1-2-11-28(22)21-5-3-4-19(16-21)26-24(31)23(30)25-17-18-7-12-27(13-8-18)20-9-14-32-15-10-20/h3-5,16,18,20H,1-2,6-15,17H2,(H,25,30)(H,26,31). The van der Waals surface area contributed by atoms with Crippen molar-refractivity contribution in [2.45, 2.75) is 51.0 Å². The Hall–Kier alpha value is -2.45. The van der Waals surface area contributed by atoms with Crippen LogP contribution in [0, 0.1) is 5.92 Å². The minimum absolute atomic E-state index is 0.0975. The maximum atomic E-state index is 12.4. The van der Waals surface area contributed by atoms with Gasteiger partial charge in [0.1, 0.15) is 0 Å². The van der Waals surface area contributed by atoms with Gasteiger partial charge in [0.25, 0.3) is 0 Å². The number of benzene rings is 1. The zero-order valence-electron chi connectivity index (χ0n) is 18.7. The van der Waals surface area contributed by atoms with E-state index in [0.717, 1.165) is 70.5 Å². The second-order valence-electron chi connectivity index (χ2n) is 9.04. The van der Waals surface area contributed by atoms with Crippen molar-refractivity contribution in [3.8, 4) is 0 Å². The van der Waals surface area contributed by atoms with Crippen LogP contribution in [-0.4, -0.2) is 68.1 Å². The normalized spacial score (nSPS) is 21.4. The van der Waals surface area contributed by atoms with Gasteiger partial charge in [-0.15, -0.1) is 0 Å². The average molecular weight is 443 g/mol. The highest BCUT2D eigenvalue weighted by Gasteiger charge is 2.27. The van der Waals surface area contributed by atoms with Gasteiger partial charge in [-0.25, -0.2) is 0 Å². The van der Waals surface area contributed by atoms with Crippen LogP contribution in [0.3, 0.4) is 0 Å². The SMILES string of the molecule is O=C(NCC1CCN(C2CCOCC2)CC1)C(=O)Nc1cccc(N2CCCCC2=O)c1. The first-order chi connectivity index (χ1) is 15.6. The highest BCUT2D eigenvalue weighted by Crippen LogP contribution is 2.24. The summed E-state index contributed by atoms with van der Waals surface area (Å²) in [6.07, 6.45) is 6.71. The third-order valence-corrected chi connectivity index (χ3v) is 6.85. The minimum atomic E-state index is -0.674. The molecule has 3 amide bonds. The first kappa shape index (κ1) is 22.7. The lowest BCUT2D eigenvalue weighted by Crippen LogP contribution is -2.46. The molecule has 32 heavy (non-hydrogen) atoms. The second-order valence-corrected chi connectivity index (χ2v) is 9.04. The van der Waals surface area contributed by atoms with E-state index in [-0.39, 0.29) is 5.91 Å². The fraction of sp³-hybridized carbons (Fsp3) is 0.625. The van der Waals surface area contributed by atoms with E-state index in [1.165, 1.54) is 0 Å². The van der Waals surface area contributed by atoms with Crippen LogP contribution < -0.4 is 15.5 Å². The highest BCUT2D eigenvalue weighted by molar-refractivity contribution is 6.39. The average Bonchev–Trinajstić information content (AvgIpc) is 2.84. The largest absolute Gasteiger partial charge is 0.381 e. The summed E-state index contributed by atoms with van der Waals surface area (Å²) in [5.74, 6) is -0.792. The number of piperidine rings is 2. The molecule has 3 aliphatic rings. The molecule has 0 bridgehead atoms. The van der Waals surface area contributed by atoms with Crippen molar-refractivity contribution < 1.29 is 19.1 Å². The number of hydrogen-bond donors (Lipinski definition) is 2. The minimum Gasteiger partial charge on any atom is -0.381 e. The Balaban J connectivity index is 1.21. The van der Waals surface area contributed by atoms with Crippen molar-refractivity contribution in [3.63, 3.8) is 0 Å². The topological polar surface area (TPSA) is 91.0 Å². The number of nitrogens with zero attached hydrogens (tertiary/aromatic N) is 2. The Kier molecular flexibility index (Phi) is 7.76. The van der Waals surface area contributed by atoms with E-state index in [4.69, 9.17) is 4.74 Å². The van der Waals surface area contributed by atoms with Gasteiger partial charge < -0.3 is 25.2 Å². The Morgan fingerprint density at radius 1 is 1.00 bits per heavy atom. The maximum Gasteiger partial charge on any atom is 0.313 e. The number of ether oxygens (including phenoxy) is 1. The second kappa shape index (κ2) is 10.9. The summed E-state index contributed by atoms with van der Waals surface area (Å²) in [5, 5.41) is 5.46. The van der Waals surface area contributed by atoms with Gasteiger partial charge in [-0.2, -0.15) is 0 Å². The van der Waals surface area contributed by atoms with Crippen LogP contribution in [-0.2, 0) is 19.1 Å². The molecule has 3 aliphatic heterocycles. The number of nitrogens with one attached hydrogen (secondary N) is 2. The predicted octanol–water partition coefficient (Wildman–Crippen LogP) is 2.15. The van der Waals surface area contributed by atoms with Crippen molar-refractivity contribution in [2.24, 2.45) is 5.92 Å². The molecule has 1 aromatic rings. The van der Waals surface area contributed by atoms with Gasteiger partial charge in [0.2, 0.25) is 5.91 Å². The van der Waals surface area contributed by atoms with Crippen molar-refractivity contribution in [3.05, 3.63) is 24.3 Å². The monoisotopic (exact) mass is 442 g/mol. The molecule has 3 heterocycles. The zero-order valence-corrected chi connectivity index (χ0v) is 18.7. The van der Waals surface area contributed by atoms with Crippen LogP contribution in [0.4, 0.5) is 11.4 Å². The van der Waals surface area contributed by atoms with E-state index >= 15 is 0 Å². The fourth-order valence-electron chi connectivity index (χ4n) is 4.91. The molecule has 2 N–H and O–H groups in total. The molecule has 3 saturated heterocycles. The third kappa shape index (κ3) is 5.86. The molecule has 0 aromatic heterocycles. The van der Waals surface area contributed by atoms with Crippen LogP contribution in [0.1, 0.15) is 44.9 Å². The highest BCUT2D eigenvalue weighted by atomic mass is 16.5. The Bertz CT molecular complexity index is 816. The lowest BCUT2D eigenvalue weighted by Gasteiger charge is -2.39. The van der Waals surface area contributed by atoms with Crippen LogP contribution >= 0.6 is 0 Å². The van der Waals surface area contributed by atoms with Crippen LogP contribution in [0.15, 0.2) is 24.3 Å². The number of carbonyl (C=O) groups excluding carboxylic acids is 3. The Morgan fingerprint density at radius 2 is 1.78 bits per heavy atom. The molecular formula is C24H34N4O4. The zero-order chi connectivity index (χ0) is 22.3.